The predicted molar refractivity (Wildman–Crippen MR) is 132 cm³/mol. The molecular formula is C26H33N7. The average Bonchev–Trinajstić information content (AvgIpc) is 2.81. The number of nitrogens with one attached hydrogen (secondary N) is 2. The Morgan fingerprint density at radius 1 is 1.06 bits per heavy atom. The van der Waals surface area contributed by atoms with Crippen LogP contribution in [0.25, 0.3) is 11.1 Å². The molecule has 172 valence electrons. The number of guanidine groups is 1. The van der Waals surface area contributed by atoms with Crippen molar-refractivity contribution < 1.29 is 0 Å². The van der Waals surface area contributed by atoms with Gasteiger partial charge in [-0.25, -0.2) is 5.01 Å². The molecule has 0 spiro atoms. The van der Waals surface area contributed by atoms with E-state index >= 15 is 0 Å². The molecule has 7 heteroatoms. The number of hydrazine groups is 1. The monoisotopic (exact) mass is 443 g/mol. The molecule has 1 aromatic carbocycles. The first-order valence-electron chi connectivity index (χ1n) is 11.5. The maximum atomic E-state index is 7.51. The topological polar surface area (TPSA) is 94.2 Å². The highest BCUT2D eigenvalue weighted by Gasteiger charge is 2.27. The van der Waals surface area contributed by atoms with Crippen molar-refractivity contribution in [3.05, 3.63) is 83.4 Å². The van der Waals surface area contributed by atoms with E-state index < -0.39 is 0 Å². The van der Waals surface area contributed by atoms with Gasteiger partial charge in [-0.3, -0.25) is 25.7 Å². The van der Waals surface area contributed by atoms with Gasteiger partial charge in [0.15, 0.2) is 0 Å². The smallest absolute Gasteiger partial charge is 0.200 e. The number of aromatic nitrogens is 2. The maximum absolute atomic E-state index is 7.51. The van der Waals surface area contributed by atoms with Crippen molar-refractivity contribution in [2.24, 2.45) is 5.73 Å². The van der Waals surface area contributed by atoms with Crippen LogP contribution in [-0.2, 0) is 13.1 Å². The zero-order chi connectivity index (χ0) is 23.2. The predicted octanol–water partition coefficient (Wildman–Crippen LogP) is 3.63. The summed E-state index contributed by atoms with van der Waals surface area (Å²) in [6.07, 6.45) is 5.81. The lowest BCUT2D eigenvalue weighted by atomic mass is 10.00. The quantitative estimate of drug-likeness (QED) is 0.381. The highest BCUT2D eigenvalue weighted by Crippen LogP contribution is 2.26. The minimum Gasteiger partial charge on any atom is -0.369 e. The molecular weight excluding hydrogens is 410 g/mol. The number of hydrogen-bond donors (Lipinski definition) is 3. The number of benzene rings is 1. The first-order chi connectivity index (χ1) is 16.0. The number of pyridine rings is 2. The maximum Gasteiger partial charge on any atom is 0.200 e. The van der Waals surface area contributed by atoms with Gasteiger partial charge in [0.05, 0.1) is 11.4 Å². The van der Waals surface area contributed by atoms with Gasteiger partial charge in [-0.2, -0.15) is 0 Å². The molecule has 33 heavy (non-hydrogen) atoms. The molecule has 1 aliphatic rings. The third kappa shape index (κ3) is 5.94. The molecule has 1 aliphatic heterocycles. The van der Waals surface area contributed by atoms with Gasteiger partial charge in [0, 0.05) is 50.2 Å². The van der Waals surface area contributed by atoms with Gasteiger partial charge in [0.1, 0.15) is 0 Å². The second-order valence-electron chi connectivity index (χ2n) is 8.79. The Balaban J connectivity index is 1.59. The van der Waals surface area contributed by atoms with Crippen molar-refractivity contribution in [2.45, 2.75) is 45.8 Å². The molecule has 3 heterocycles. The van der Waals surface area contributed by atoms with Crippen LogP contribution in [0.15, 0.2) is 60.9 Å². The van der Waals surface area contributed by atoms with Crippen LogP contribution in [0, 0.1) is 19.3 Å². The van der Waals surface area contributed by atoms with E-state index in [0.29, 0.717) is 6.04 Å². The summed E-state index contributed by atoms with van der Waals surface area (Å²) in [4.78, 5) is 12.1. The van der Waals surface area contributed by atoms with Crippen LogP contribution in [0.5, 0.6) is 0 Å². The first-order valence-corrected chi connectivity index (χ1v) is 11.5. The van der Waals surface area contributed by atoms with E-state index in [1.54, 1.807) is 0 Å². The van der Waals surface area contributed by atoms with Crippen LogP contribution in [0.2, 0.25) is 0 Å². The van der Waals surface area contributed by atoms with Crippen LogP contribution in [0.3, 0.4) is 0 Å². The molecule has 0 unspecified atom stereocenters. The third-order valence-electron chi connectivity index (χ3n) is 6.26. The molecule has 0 saturated carbocycles. The van der Waals surface area contributed by atoms with Gasteiger partial charge < -0.3 is 5.73 Å². The Kier molecular flexibility index (Phi) is 7.32. The van der Waals surface area contributed by atoms with Gasteiger partial charge in [-0.1, -0.05) is 42.5 Å². The Hall–Kier alpha value is -3.29. The number of nitrogens with two attached hydrogens (primary N) is 1. The summed E-state index contributed by atoms with van der Waals surface area (Å²) >= 11 is 0. The first kappa shape index (κ1) is 22.9. The van der Waals surface area contributed by atoms with E-state index in [0.717, 1.165) is 50.4 Å². The highest BCUT2D eigenvalue weighted by molar-refractivity contribution is 5.73. The summed E-state index contributed by atoms with van der Waals surface area (Å²) in [5.41, 5.74) is 15.4. The zero-order valence-electron chi connectivity index (χ0n) is 19.5. The van der Waals surface area contributed by atoms with Crippen molar-refractivity contribution in [3.8, 4) is 11.1 Å². The second-order valence-corrected chi connectivity index (χ2v) is 8.79. The fourth-order valence-corrected chi connectivity index (χ4v) is 4.57. The highest BCUT2D eigenvalue weighted by atomic mass is 15.5. The van der Waals surface area contributed by atoms with Crippen LogP contribution in [-0.4, -0.2) is 45.0 Å². The Morgan fingerprint density at radius 3 is 2.48 bits per heavy atom. The molecule has 0 amide bonds. The van der Waals surface area contributed by atoms with E-state index in [-0.39, 0.29) is 5.96 Å². The van der Waals surface area contributed by atoms with Crippen LogP contribution >= 0.6 is 0 Å². The van der Waals surface area contributed by atoms with Gasteiger partial charge in [-0.15, -0.1) is 0 Å². The summed E-state index contributed by atoms with van der Waals surface area (Å²) in [6, 6.07) is 17.2. The molecule has 1 saturated heterocycles. The van der Waals surface area contributed by atoms with E-state index in [1.165, 1.54) is 22.3 Å². The second kappa shape index (κ2) is 10.6. The fraction of sp³-hybridized carbons (Fsp3) is 0.346. The Labute approximate surface area is 196 Å². The molecule has 4 rings (SSSR count). The fourth-order valence-electron chi connectivity index (χ4n) is 4.57. The normalized spacial score (nSPS) is 15.0. The Morgan fingerprint density at radius 2 is 1.79 bits per heavy atom. The summed E-state index contributed by atoms with van der Waals surface area (Å²) < 4.78 is 0. The van der Waals surface area contributed by atoms with Crippen LogP contribution in [0.4, 0.5) is 0 Å². The summed E-state index contributed by atoms with van der Waals surface area (Å²) in [5, 5.41) is 9.54. The molecule has 0 radical (unpaired) electrons. The van der Waals surface area contributed by atoms with Gasteiger partial charge >= 0.3 is 0 Å². The molecule has 4 N–H and O–H groups in total. The number of hydrogen-bond acceptors (Lipinski definition) is 5. The number of nitrogens with zero attached hydrogens (tertiary/aromatic N) is 4. The van der Waals surface area contributed by atoms with Crippen molar-refractivity contribution in [1.82, 2.24) is 25.3 Å². The Bertz CT molecular complexity index is 1080. The van der Waals surface area contributed by atoms with E-state index in [4.69, 9.17) is 21.1 Å². The standard InChI is InChI=1S/C26H33N7/c1-19-15-20(2)24(30-16-19)17-32(22-10-13-33(14-11-22)31-26(27)28)18-25-23(9-6-12-29-25)21-7-4-3-5-8-21/h3-9,12,15-16,22H,10-11,13-14,17-18H2,1-2H3,(H4,27,28,31). The lowest BCUT2D eigenvalue weighted by Crippen LogP contribution is -2.52. The molecule has 3 aromatic rings. The number of aryl methyl sites for hydroxylation is 2. The summed E-state index contributed by atoms with van der Waals surface area (Å²) in [6.45, 7) is 7.44. The van der Waals surface area contributed by atoms with Gasteiger partial charge in [0.25, 0.3) is 0 Å². The zero-order valence-corrected chi connectivity index (χ0v) is 19.5. The number of rotatable bonds is 7. The van der Waals surface area contributed by atoms with Crippen LogP contribution in [0.1, 0.15) is 35.4 Å². The summed E-state index contributed by atoms with van der Waals surface area (Å²) in [7, 11) is 0. The molecule has 7 nitrogen and oxygen atoms in total. The van der Waals surface area contributed by atoms with Gasteiger partial charge in [0.2, 0.25) is 5.96 Å². The van der Waals surface area contributed by atoms with Crippen molar-refractivity contribution in [1.29, 1.82) is 5.41 Å². The van der Waals surface area contributed by atoms with E-state index in [2.05, 4.69) is 60.6 Å². The minimum absolute atomic E-state index is 0.00854. The van der Waals surface area contributed by atoms with Crippen molar-refractivity contribution >= 4 is 5.96 Å². The minimum atomic E-state index is -0.00854. The molecule has 1 fully saturated rings. The largest absolute Gasteiger partial charge is 0.369 e. The SMILES string of the molecule is Cc1cnc(CN(Cc2ncccc2-c2ccccc2)C2CCN(NC(=N)N)CC2)c(C)c1. The number of piperidine rings is 1. The van der Waals surface area contributed by atoms with Gasteiger partial charge in [-0.05, 0) is 49.4 Å². The lowest BCUT2D eigenvalue weighted by Gasteiger charge is -2.38. The third-order valence-corrected chi connectivity index (χ3v) is 6.26. The molecule has 0 aliphatic carbocycles. The lowest BCUT2D eigenvalue weighted by molar-refractivity contribution is 0.0820. The molecule has 0 bridgehead atoms. The van der Waals surface area contributed by atoms with E-state index in [9.17, 15) is 0 Å². The van der Waals surface area contributed by atoms with Crippen LogP contribution < -0.4 is 11.2 Å². The average molecular weight is 444 g/mol. The van der Waals surface area contributed by atoms with E-state index in [1.807, 2.05) is 29.5 Å². The summed E-state index contributed by atoms with van der Waals surface area (Å²) in [5.74, 6) is -0.00854. The van der Waals surface area contributed by atoms with Crippen molar-refractivity contribution in [2.75, 3.05) is 13.1 Å². The molecule has 2 aromatic heterocycles. The molecule has 0 atom stereocenters. The van der Waals surface area contributed by atoms with Crippen molar-refractivity contribution in [3.63, 3.8) is 0 Å².